The highest BCUT2D eigenvalue weighted by molar-refractivity contribution is 4.93. The van der Waals surface area contributed by atoms with E-state index in [2.05, 4.69) is 39.9 Å². The van der Waals surface area contributed by atoms with Gasteiger partial charge >= 0.3 is 0 Å². The average molecular weight is 357 g/mol. The molecule has 0 atom stereocenters. The molecule has 0 aliphatic carbocycles. The lowest BCUT2D eigenvalue weighted by Gasteiger charge is -2.27. The van der Waals surface area contributed by atoms with Crippen LogP contribution in [-0.2, 0) is 0 Å². The number of nitrogens with two attached hydrogens (primary N) is 2. The van der Waals surface area contributed by atoms with Gasteiger partial charge in [0.05, 0.1) is 38.0 Å². The normalized spacial score (nSPS) is 8.27. The fourth-order valence-corrected chi connectivity index (χ4v) is 1.59. The highest BCUT2D eigenvalue weighted by atomic mass is 15.3. The molecule has 9 heteroatoms. The van der Waals surface area contributed by atoms with Crippen molar-refractivity contribution in [3.8, 4) is 18.2 Å². The Kier molecular flexibility index (Phi) is 28.8. The molecule has 0 aliphatic rings. The number of hydrogen-bond acceptors (Lipinski definition) is 7. The van der Waals surface area contributed by atoms with E-state index in [-0.39, 0.29) is 6.67 Å². The molecule has 0 saturated heterocycles. The standard InChI is InChI=1S/C13H18N6.C3H3N.CH6N2/c1-16-7-11-19(12-8-17-2)13-18(9-3-5-14)10-4-6-15;1-2-3-4;2-1-3/h3-4,7-13H2;2H,1H2;1-3H2. The molecular formula is C17H27N9. The first kappa shape index (κ1) is 27.9. The lowest BCUT2D eigenvalue weighted by molar-refractivity contribution is 0.144. The van der Waals surface area contributed by atoms with Crippen LogP contribution in [0, 0.1) is 47.1 Å². The summed E-state index contributed by atoms with van der Waals surface area (Å²) in [4.78, 5) is 10.7. The van der Waals surface area contributed by atoms with Gasteiger partial charge in [0.1, 0.15) is 0 Å². The summed E-state index contributed by atoms with van der Waals surface area (Å²) in [6.45, 7) is 20.9. The largest absolute Gasteiger partial charge is 0.319 e. The summed E-state index contributed by atoms with van der Waals surface area (Å²) in [5.41, 5.74) is 9.25. The number of nitrogens with zero attached hydrogens (tertiary/aromatic N) is 7. The summed E-state index contributed by atoms with van der Waals surface area (Å²) in [5, 5.41) is 24.8. The van der Waals surface area contributed by atoms with Crippen LogP contribution in [0.4, 0.5) is 0 Å². The topological polar surface area (TPSA) is 139 Å². The van der Waals surface area contributed by atoms with Gasteiger partial charge in [-0.05, 0) is 0 Å². The monoisotopic (exact) mass is 357 g/mol. The Hall–Kier alpha value is -2.97. The number of nitriles is 3. The molecule has 140 valence electrons. The first-order valence-electron chi connectivity index (χ1n) is 7.87. The molecule has 0 fully saturated rings. The molecule has 4 N–H and O–H groups in total. The Morgan fingerprint density at radius 3 is 1.50 bits per heavy atom. The van der Waals surface area contributed by atoms with Crippen molar-refractivity contribution in [1.29, 1.82) is 15.8 Å². The highest BCUT2D eigenvalue weighted by Gasteiger charge is 2.13. The maximum atomic E-state index is 8.62. The van der Waals surface area contributed by atoms with Gasteiger partial charge in [0.2, 0.25) is 13.1 Å². The Morgan fingerprint density at radius 2 is 1.23 bits per heavy atom. The summed E-state index contributed by atoms with van der Waals surface area (Å²) >= 11 is 0. The molecule has 0 rings (SSSR count). The lowest BCUT2D eigenvalue weighted by Crippen LogP contribution is -2.41. The second-order valence-electron chi connectivity index (χ2n) is 4.53. The van der Waals surface area contributed by atoms with Gasteiger partial charge in [-0.2, -0.15) is 15.8 Å². The van der Waals surface area contributed by atoms with Gasteiger partial charge in [0, 0.05) is 38.7 Å². The van der Waals surface area contributed by atoms with E-state index in [1.807, 2.05) is 9.80 Å². The van der Waals surface area contributed by atoms with Crippen LogP contribution in [0.2, 0.25) is 0 Å². The summed E-state index contributed by atoms with van der Waals surface area (Å²) in [5.74, 6) is 0. The van der Waals surface area contributed by atoms with E-state index in [1.54, 1.807) is 6.07 Å². The Balaban J connectivity index is -0.000000643. The third-order valence-electron chi connectivity index (χ3n) is 2.63. The van der Waals surface area contributed by atoms with Crippen LogP contribution in [0.3, 0.4) is 0 Å². The van der Waals surface area contributed by atoms with Crippen molar-refractivity contribution in [2.24, 2.45) is 11.5 Å². The van der Waals surface area contributed by atoms with Gasteiger partial charge in [0.25, 0.3) is 0 Å². The van der Waals surface area contributed by atoms with Crippen LogP contribution in [0.25, 0.3) is 9.69 Å². The van der Waals surface area contributed by atoms with Gasteiger partial charge in [-0.3, -0.25) is 9.80 Å². The maximum Gasteiger partial charge on any atom is 0.227 e. The molecule has 0 heterocycles. The summed E-state index contributed by atoms with van der Waals surface area (Å²) in [7, 11) is 0. The van der Waals surface area contributed by atoms with Crippen molar-refractivity contribution >= 4 is 0 Å². The first-order chi connectivity index (χ1) is 12.6. The molecule has 0 aromatic rings. The van der Waals surface area contributed by atoms with E-state index in [4.69, 9.17) is 28.9 Å². The molecule has 0 saturated carbocycles. The fraction of sp³-hybridized carbons (Fsp3) is 0.588. The average Bonchev–Trinajstić information content (AvgIpc) is 2.66. The highest BCUT2D eigenvalue weighted by Crippen LogP contribution is 1.99. The molecule has 0 aromatic heterocycles. The zero-order chi connectivity index (χ0) is 20.5. The number of hydrogen-bond donors (Lipinski definition) is 2. The third-order valence-corrected chi connectivity index (χ3v) is 2.63. The van der Waals surface area contributed by atoms with Crippen molar-refractivity contribution in [3.05, 3.63) is 35.5 Å². The second kappa shape index (κ2) is 26.9. The van der Waals surface area contributed by atoms with Crippen LogP contribution < -0.4 is 11.5 Å². The van der Waals surface area contributed by atoms with E-state index in [9.17, 15) is 0 Å². The van der Waals surface area contributed by atoms with E-state index in [1.165, 1.54) is 6.08 Å². The van der Waals surface area contributed by atoms with Gasteiger partial charge < -0.3 is 21.2 Å². The smallest absolute Gasteiger partial charge is 0.227 e. The van der Waals surface area contributed by atoms with Gasteiger partial charge in [0.15, 0.2) is 0 Å². The molecule has 0 aromatic carbocycles. The summed E-state index contributed by atoms with van der Waals surface area (Å²) in [6, 6.07) is 5.88. The van der Waals surface area contributed by atoms with Gasteiger partial charge in [-0.25, -0.2) is 13.1 Å². The molecule has 0 unspecified atom stereocenters. The second-order valence-corrected chi connectivity index (χ2v) is 4.53. The zero-order valence-electron chi connectivity index (χ0n) is 15.1. The van der Waals surface area contributed by atoms with Crippen molar-refractivity contribution < 1.29 is 0 Å². The molecule has 9 nitrogen and oxygen atoms in total. The zero-order valence-corrected chi connectivity index (χ0v) is 15.1. The fourth-order valence-electron chi connectivity index (χ4n) is 1.59. The van der Waals surface area contributed by atoms with Crippen LogP contribution in [-0.4, -0.2) is 62.4 Å². The Labute approximate surface area is 156 Å². The minimum atomic E-state index is 0.250. The van der Waals surface area contributed by atoms with Crippen LogP contribution >= 0.6 is 0 Å². The molecule has 0 spiro atoms. The molecule has 0 radical (unpaired) electrons. The van der Waals surface area contributed by atoms with Crippen molar-refractivity contribution in [3.63, 3.8) is 0 Å². The quantitative estimate of drug-likeness (QED) is 0.334. The van der Waals surface area contributed by atoms with Crippen molar-refractivity contribution in [1.82, 2.24) is 9.80 Å². The third kappa shape index (κ3) is 26.0. The summed E-state index contributed by atoms with van der Waals surface area (Å²) < 4.78 is 0. The molecular weight excluding hydrogens is 330 g/mol. The molecule has 26 heavy (non-hydrogen) atoms. The molecule has 0 bridgehead atoms. The van der Waals surface area contributed by atoms with E-state index >= 15 is 0 Å². The minimum Gasteiger partial charge on any atom is -0.319 e. The number of rotatable bonds is 10. The van der Waals surface area contributed by atoms with Crippen molar-refractivity contribution in [2.45, 2.75) is 12.8 Å². The minimum absolute atomic E-state index is 0.250. The van der Waals surface area contributed by atoms with Gasteiger partial charge in [-0.1, -0.05) is 6.58 Å². The van der Waals surface area contributed by atoms with Crippen molar-refractivity contribution in [2.75, 3.05) is 52.6 Å². The van der Waals surface area contributed by atoms with Gasteiger partial charge in [-0.15, -0.1) is 0 Å². The van der Waals surface area contributed by atoms with E-state index in [0.717, 1.165) is 0 Å². The number of allylic oxidation sites excluding steroid dienone is 1. The predicted octanol–water partition coefficient (Wildman–Crippen LogP) is 0.771. The SMILES string of the molecule is C=CC#N.NCN.[C-]#[N+]CCN(CC[N+]#[C-])CN(CCC#N)CCC#N. The van der Waals surface area contributed by atoms with E-state index in [0.29, 0.717) is 58.8 Å². The molecule has 0 amide bonds. The summed E-state index contributed by atoms with van der Waals surface area (Å²) in [6.07, 6.45) is 2.02. The van der Waals surface area contributed by atoms with Crippen LogP contribution in [0.5, 0.6) is 0 Å². The first-order valence-corrected chi connectivity index (χ1v) is 7.87. The Bertz CT molecular complexity index is 451. The molecule has 0 aliphatic heterocycles. The maximum absolute atomic E-state index is 8.62. The van der Waals surface area contributed by atoms with Crippen LogP contribution in [0.15, 0.2) is 12.7 Å². The Morgan fingerprint density at radius 1 is 0.885 bits per heavy atom. The lowest BCUT2D eigenvalue weighted by atomic mass is 10.3. The van der Waals surface area contributed by atoms with Crippen LogP contribution in [0.1, 0.15) is 12.8 Å². The predicted molar refractivity (Wildman–Crippen MR) is 100 cm³/mol. The van der Waals surface area contributed by atoms with E-state index < -0.39 is 0 Å².